The van der Waals surface area contributed by atoms with Gasteiger partial charge in [-0.15, -0.1) is 0 Å². The molecule has 0 aliphatic carbocycles. The molecule has 1 aromatic rings. The van der Waals surface area contributed by atoms with E-state index in [1.807, 2.05) is 43.3 Å². The Bertz CT molecular complexity index is 269. The van der Waals surface area contributed by atoms with Crippen LogP contribution in [0.4, 0.5) is 5.69 Å². The first kappa shape index (κ1) is 12.5. The second-order valence-electron chi connectivity index (χ2n) is 2.72. The fraction of sp³-hybridized carbons (Fsp3) is 0.222. The zero-order valence-electron chi connectivity index (χ0n) is 8.19. The maximum absolute atomic E-state index is 9.88. The second kappa shape index (κ2) is 6.02. The van der Waals surface area contributed by atoms with Crippen molar-refractivity contribution < 1.29 is 29.6 Å². The minimum absolute atomic E-state index is 0. The first-order valence-corrected chi connectivity index (χ1v) is 3.67. The first-order chi connectivity index (χ1) is 5.74. The third-order valence-corrected chi connectivity index (χ3v) is 1.61. The molecular weight excluding hydrogens is 175 g/mol. The van der Waals surface area contributed by atoms with Gasteiger partial charge in [-0.05, 0) is 17.7 Å². The van der Waals surface area contributed by atoms with Crippen LogP contribution in [-0.2, 0) is 0 Å². The van der Waals surface area contributed by atoms with Gasteiger partial charge >= 0.3 is 29.6 Å². The Kier molecular flexibility index (Phi) is 5.79. The van der Waals surface area contributed by atoms with Crippen molar-refractivity contribution in [2.45, 2.75) is 0 Å². The molecule has 0 saturated carbocycles. The quantitative estimate of drug-likeness (QED) is 0.326. The number of rotatable bonds is 2. The molecule has 0 N–H and O–H groups in total. The van der Waals surface area contributed by atoms with Crippen LogP contribution in [-0.4, -0.2) is 20.3 Å². The summed E-state index contributed by atoms with van der Waals surface area (Å²) in [5, 5.41) is 12.6. The van der Waals surface area contributed by atoms with E-state index in [-0.39, 0.29) is 29.6 Å². The molecule has 0 unspecified atom stereocenters. The monoisotopic (exact) mass is 186 g/mol. The average Bonchev–Trinajstić information content (AvgIpc) is 2.06. The van der Waals surface area contributed by atoms with Crippen molar-refractivity contribution in [2.24, 2.45) is 5.16 Å². The van der Waals surface area contributed by atoms with Gasteiger partial charge in [0.2, 0.25) is 0 Å². The Hall–Kier alpha value is -0.510. The standard InChI is InChI=1S/C9H12N2O.Na/c1-11(2)9-5-3-8(4-6-9)7-10-12;/h3-7,12H,1-2H3;/q;+1/p-1/b10-7-;. The fourth-order valence-electron chi connectivity index (χ4n) is 0.919. The number of anilines is 1. The predicted molar refractivity (Wildman–Crippen MR) is 51.7 cm³/mol. The van der Waals surface area contributed by atoms with Gasteiger partial charge in [-0.3, -0.25) is 0 Å². The molecule has 0 heterocycles. The molecule has 3 nitrogen and oxygen atoms in total. The Morgan fingerprint density at radius 2 is 1.77 bits per heavy atom. The van der Waals surface area contributed by atoms with Gasteiger partial charge in [0.15, 0.2) is 0 Å². The van der Waals surface area contributed by atoms with Crippen molar-refractivity contribution in [3.8, 4) is 0 Å². The van der Waals surface area contributed by atoms with Crippen LogP contribution < -0.4 is 34.5 Å². The largest absolute Gasteiger partial charge is 1.00 e. The third kappa shape index (κ3) is 3.81. The van der Waals surface area contributed by atoms with Gasteiger partial charge in [0.05, 0.1) is 0 Å². The van der Waals surface area contributed by atoms with Gasteiger partial charge < -0.3 is 15.3 Å². The van der Waals surface area contributed by atoms with Crippen molar-refractivity contribution in [1.82, 2.24) is 0 Å². The van der Waals surface area contributed by atoms with Crippen molar-refractivity contribution in [3.05, 3.63) is 35.0 Å². The summed E-state index contributed by atoms with van der Waals surface area (Å²) < 4.78 is 0. The molecule has 0 aliphatic rings. The van der Waals surface area contributed by atoms with Gasteiger partial charge in [0.1, 0.15) is 0 Å². The Balaban J connectivity index is 0.00000144. The zero-order chi connectivity index (χ0) is 8.97. The van der Waals surface area contributed by atoms with Gasteiger partial charge in [0.25, 0.3) is 0 Å². The molecule has 1 aromatic carbocycles. The molecule has 0 bridgehead atoms. The van der Waals surface area contributed by atoms with Crippen LogP contribution in [0, 0.1) is 5.21 Å². The molecule has 4 heteroatoms. The summed E-state index contributed by atoms with van der Waals surface area (Å²) in [7, 11) is 3.94. The molecule has 0 spiro atoms. The predicted octanol–water partition coefficient (Wildman–Crippen LogP) is -1.33. The molecule has 0 saturated heterocycles. The summed E-state index contributed by atoms with van der Waals surface area (Å²) in [6.45, 7) is 0. The zero-order valence-corrected chi connectivity index (χ0v) is 10.2. The van der Waals surface area contributed by atoms with E-state index in [1.54, 1.807) is 0 Å². The van der Waals surface area contributed by atoms with E-state index in [0.717, 1.165) is 11.3 Å². The molecule has 0 atom stereocenters. The smallest absolute Gasteiger partial charge is 0.792 e. The molecular formula is C9H11N2NaO. The summed E-state index contributed by atoms with van der Waals surface area (Å²) in [6.07, 6.45) is 1.29. The Morgan fingerprint density at radius 3 is 2.15 bits per heavy atom. The third-order valence-electron chi connectivity index (χ3n) is 1.61. The van der Waals surface area contributed by atoms with E-state index >= 15 is 0 Å². The van der Waals surface area contributed by atoms with Crippen LogP contribution in [0.1, 0.15) is 5.56 Å². The van der Waals surface area contributed by atoms with Gasteiger partial charge in [-0.2, -0.15) is 0 Å². The minimum atomic E-state index is 0. The molecule has 0 radical (unpaired) electrons. The van der Waals surface area contributed by atoms with Gasteiger partial charge in [-0.1, -0.05) is 12.1 Å². The maximum atomic E-state index is 9.88. The Morgan fingerprint density at radius 1 is 1.23 bits per heavy atom. The minimum Gasteiger partial charge on any atom is -0.792 e. The fourth-order valence-corrected chi connectivity index (χ4v) is 0.919. The van der Waals surface area contributed by atoms with E-state index in [0.29, 0.717) is 0 Å². The van der Waals surface area contributed by atoms with Crippen LogP contribution in [0.15, 0.2) is 29.4 Å². The van der Waals surface area contributed by atoms with E-state index < -0.39 is 0 Å². The molecule has 0 aliphatic heterocycles. The van der Waals surface area contributed by atoms with E-state index in [9.17, 15) is 5.21 Å². The van der Waals surface area contributed by atoms with Crippen LogP contribution in [0.25, 0.3) is 0 Å². The van der Waals surface area contributed by atoms with Crippen LogP contribution >= 0.6 is 0 Å². The van der Waals surface area contributed by atoms with E-state index in [4.69, 9.17) is 0 Å². The molecule has 13 heavy (non-hydrogen) atoms. The van der Waals surface area contributed by atoms with Crippen LogP contribution in [0.2, 0.25) is 0 Å². The van der Waals surface area contributed by atoms with E-state index in [2.05, 4.69) is 5.16 Å². The second-order valence-corrected chi connectivity index (χ2v) is 2.72. The molecule has 0 amide bonds. The summed E-state index contributed by atoms with van der Waals surface area (Å²) in [5.41, 5.74) is 1.94. The van der Waals surface area contributed by atoms with E-state index in [1.165, 1.54) is 6.21 Å². The Labute approximate surface area is 100 Å². The molecule has 0 aromatic heterocycles. The van der Waals surface area contributed by atoms with Crippen LogP contribution in [0.5, 0.6) is 0 Å². The van der Waals surface area contributed by atoms with Crippen LogP contribution in [0.3, 0.4) is 0 Å². The first-order valence-electron chi connectivity index (χ1n) is 3.67. The normalized spacial score (nSPS) is 9.69. The average molecular weight is 186 g/mol. The van der Waals surface area contributed by atoms with Gasteiger partial charge in [0, 0.05) is 26.0 Å². The van der Waals surface area contributed by atoms with Crippen molar-refractivity contribution >= 4 is 11.9 Å². The number of nitrogens with zero attached hydrogens (tertiary/aromatic N) is 2. The number of benzene rings is 1. The summed E-state index contributed by atoms with van der Waals surface area (Å²) >= 11 is 0. The van der Waals surface area contributed by atoms with Crippen molar-refractivity contribution in [3.63, 3.8) is 0 Å². The van der Waals surface area contributed by atoms with Crippen molar-refractivity contribution in [1.29, 1.82) is 0 Å². The topological polar surface area (TPSA) is 38.7 Å². The van der Waals surface area contributed by atoms with Gasteiger partial charge in [-0.25, -0.2) is 0 Å². The number of hydrogen-bond acceptors (Lipinski definition) is 3. The summed E-state index contributed by atoms with van der Waals surface area (Å²) in [4.78, 5) is 2.00. The molecule has 64 valence electrons. The SMILES string of the molecule is CN(C)c1ccc(/C=N\[O-])cc1.[Na+]. The van der Waals surface area contributed by atoms with Crippen molar-refractivity contribution in [2.75, 3.05) is 19.0 Å². The summed E-state index contributed by atoms with van der Waals surface area (Å²) in [5.74, 6) is 0. The molecule has 1 rings (SSSR count). The molecule has 0 fully saturated rings. The summed E-state index contributed by atoms with van der Waals surface area (Å²) in [6, 6.07) is 7.60. The maximum Gasteiger partial charge on any atom is 1.00 e. The number of hydrogen-bond donors (Lipinski definition) is 0.